The average molecular weight is 457 g/mol. The molecule has 1 aromatic rings. The van der Waals surface area contributed by atoms with Crippen LogP contribution >= 0.6 is 11.6 Å². The van der Waals surface area contributed by atoms with Gasteiger partial charge in [-0.05, 0) is 24.3 Å². The van der Waals surface area contributed by atoms with Crippen LogP contribution < -0.4 is 10.6 Å². The minimum atomic E-state index is -0.945. The second kappa shape index (κ2) is 9.30. The molecule has 1 fully saturated rings. The van der Waals surface area contributed by atoms with Gasteiger partial charge in [-0.1, -0.05) is 48.4 Å². The van der Waals surface area contributed by atoms with Crippen LogP contribution in [0.15, 0.2) is 60.2 Å². The highest BCUT2D eigenvalue weighted by Crippen LogP contribution is 2.30. The predicted octanol–water partition coefficient (Wildman–Crippen LogP) is 2.58. The Bertz CT molecular complexity index is 994. The van der Waals surface area contributed by atoms with E-state index in [0.29, 0.717) is 23.8 Å². The molecule has 2 amide bonds. The molecule has 2 aliphatic heterocycles. The second-order valence-corrected chi connectivity index (χ2v) is 9.13. The summed E-state index contributed by atoms with van der Waals surface area (Å²) in [6, 6.07) is 5.27. The molecule has 2 N–H and O–H groups in total. The number of carbonyl (C=O) groups is 3. The number of nitrogens with one attached hydrogen (secondary N) is 2. The SMILES string of the molecule is CC1(COC(=O)C(CC2=CC(=O)NC3C=CC=CC23)NC(=O)c2ccc(Cl)cc2)COC1. The summed E-state index contributed by atoms with van der Waals surface area (Å²) < 4.78 is 10.8. The Morgan fingerprint density at radius 2 is 1.97 bits per heavy atom. The Morgan fingerprint density at radius 1 is 1.25 bits per heavy atom. The van der Waals surface area contributed by atoms with E-state index in [0.717, 1.165) is 5.57 Å². The molecular formula is C24H25ClN2O5. The van der Waals surface area contributed by atoms with Crippen molar-refractivity contribution in [2.45, 2.75) is 25.4 Å². The van der Waals surface area contributed by atoms with Crippen LogP contribution in [0.25, 0.3) is 0 Å². The molecule has 1 saturated heterocycles. The number of hydrogen-bond donors (Lipinski definition) is 2. The number of ether oxygens (including phenoxy) is 2. The van der Waals surface area contributed by atoms with E-state index in [-0.39, 0.29) is 36.3 Å². The van der Waals surface area contributed by atoms with E-state index in [4.69, 9.17) is 21.1 Å². The zero-order valence-electron chi connectivity index (χ0n) is 17.7. The van der Waals surface area contributed by atoms with Crippen molar-refractivity contribution in [2.24, 2.45) is 11.3 Å². The van der Waals surface area contributed by atoms with Crippen LogP contribution in [0.3, 0.4) is 0 Å². The van der Waals surface area contributed by atoms with Crippen molar-refractivity contribution in [3.05, 3.63) is 70.8 Å². The van der Waals surface area contributed by atoms with Crippen molar-refractivity contribution in [2.75, 3.05) is 19.8 Å². The first kappa shape index (κ1) is 22.3. The molecule has 1 aromatic carbocycles. The maximum Gasteiger partial charge on any atom is 0.329 e. The molecule has 4 rings (SSSR count). The number of benzene rings is 1. The monoisotopic (exact) mass is 456 g/mol. The number of amides is 2. The maximum atomic E-state index is 13.0. The average Bonchev–Trinajstić information content (AvgIpc) is 2.76. The standard InChI is InChI=1S/C24H25ClN2O5/c1-24(12-31-13-24)14-32-23(30)20(27-22(29)15-6-8-17(25)9-7-15)10-16-11-21(28)26-19-5-3-2-4-18(16)19/h2-9,11,18-20H,10,12-14H2,1H3,(H,26,28)(H,27,29). The fraction of sp³-hybridized carbons (Fsp3) is 0.375. The number of carbonyl (C=O) groups excluding carboxylic acids is 3. The van der Waals surface area contributed by atoms with Gasteiger partial charge in [0.1, 0.15) is 12.6 Å². The third-order valence-electron chi connectivity index (χ3n) is 5.79. The minimum Gasteiger partial charge on any atom is -0.463 e. The Kier molecular flexibility index (Phi) is 6.48. The van der Waals surface area contributed by atoms with Crippen LogP contribution in [-0.4, -0.2) is 49.7 Å². The number of halogens is 1. The molecular weight excluding hydrogens is 432 g/mol. The number of hydrogen-bond acceptors (Lipinski definition) is 5. The Labute approximate surface area is 191 Å². The Balaban J connectivity index is 1.52. The molecule has 3 unspecified atom stereocenters. The van der Waals surface area contributed by atoms with Gasteiger partial charge < -0.3 is 20.1 Å². The lowest BCUT2D eigenvalue weighted by Gasteiger charge is -2.37. The third-order valence-corrected chi connectivity index (χ3v) is 6.04. The van der Waals surface area contributed by atoms with Crippen molar-refractivity contribution in [3.8, 4) is 0 Å². The first-order valence-electron chi connectivity index (χ1n) is 10.5. The molecule has 0 radical (unpaired) electrons. The normalized spacial score (nSPS) is 23.8. The predicted molar refractivity (Wildman–Crippen MR) is 119 cm³/mol. The number of rotatable bonds is 7. The summed E-state index contributed by atoms with van der Waals surface area (Å²) in [4.78, 5) is 38.0. The van der Waals surface area contributed by atoms with Crippen molar-refractivity contribution < 1.29 is 23.9 Å². The van der Waals surface area contributed by atoms with E-state index >= 15 is 0 Å². The van der Waals surface area contributed by atoms with E-state index < -0.39 is 17.9 Å². The van der Waals surface area contributed by atoms with Crippen molar-refractivity contribution in [1.29, 1.82) is 0 Å². The van der Waals surface area contributed by atoms with Gasteiger partial charge in [0.25, 0.3) is 5.91 Å². The largest absolute Gasteiger partial charge is 0.463 e. The molecule has 0 aromatic heterocycles. The van der Waals surface area contributed by atoms with Gasteiger partial charge >= 0.3 is 5.97 Å². The fourth-order valence-corrected chi connectivity index (χ4v) is 4.04. The highest BCUT2D eigenvalue weighted by molar-refractivity contribution is 6.30. The topological polar surface area (TPSA) is 93.7 Å². The first-order chi connectivity index (χ1) is 15.3. The van der Waals surface area contributed by atoms with Crippen LogP contribution in [0, 0.1) is 11.3 Å². The van der Waals surface area contributed by atoms with Gasteiger partial charge in [0.05, 0.1) is 19.3 Å². The van der Waals surface area contributed by atoms with E-state index in [2.05, 4.69) is 10.6 Å². The Hall–Kier alpha value is -2.90. The lowest BCUT2D eigenvalue weighted by molar-refractivity contribution is -0.167. The van der Waals surface area contributed by atoms with E-state index in [1.165, 1.54) is 6.08 Å². The molecule has 8 heteroatoms. The number of allylic oxidation sites excluding steroid dienone is 2. The summed E-state index contributed by atoms with van der Waals surface area (Å²) in [5.74, 6) is -1.27. The molecule has 1 aliphatic carbocycles. The van der Waals surface area contributed by atoms with Crippen LogP contribution in [0.4, 0.5) is 0 Å². The van der Waals surface area contributed by atoms with E-state index in [9.17, 15) is 14.4 Å². The van der Waals surface area contributed by atoms with Gasteiger partial charge in [0.2, 0.25) is 5.91 Å². The van der Waals surface area contributed by atoms with Crippen molar-refractivity contribution in [1.82, 2.24) is 10.6 Å². The lowest BCUT2D eigenvalue weighted by atomic mass is 9.82. The van der Waals surface area contributed by atoms with Crippen LogP contribution in [0.1, 0.15) is 23.7 Å². The molecule has 3 aliphatic rings. The molecule has 168 valence electrons. The number of fused-ring (bicyclic) bond motifs is 1. The quantitative estimate of drug-likeness (QED) is 0.615. The summed E-state index contributed by atoms with van der Waals surface area (Å²) in [6.07, 6.45) is 9.33. The molecule has 0 saturated carbocycles. The summed E-state index contributed by atoms with van der Waals surface area (Å²) in [5, 5.41) is 6.19. The van der Waals surface area contributed by atoms with Crippen molar-refractivity contribution >= 4 is 29.4 Å². The van der Waals surface area contributed by atoms with Crippen LogP contribution in [-0.2, 0) is 19.1 Å². The molecule has 3 atom stereocenters. The zero-order chi connectivity index (χ0) is 22.7. The van der Waals surface area contributed by atoms with Gasteiger partial charge in [0, 0.05) is 34.4 Å². The second-order valence-electron chi connectivity index (χ2n) is 8.70. The summed E-state index contributed by atoms with van der Waals surface area (Å²) in [6.45, 7) is 3.22. The Morgan fingerprint density at radius 3 is 2.66 bits per heavy atom. The van der Waals surface area contributed by atoms with Crippen LogP contribution in [0.5, 0.6) is 0 Å². The van der Waals surface area contributed by atoms with Gasteiger partial charge in [-0.15, -0.1) is 0 Å². The van der Waals surface area contributed by atoms with Gasteiger partial charge in [-0.25, -0.2) is 4.79 Å². The first-order valence-corrected chi connectivity index (χ1v) is 10.9. The minimum absolute atomic E-state index is 0.0852. The smallest absolute Gasteiger partial charge is 0.329 e. The lowest BCUT2D eigenvalue weighted by Crippen LogP contribution is -2.48. The van der Waals surface area contributed by atoms with Gasteiger partial charge in [0.15, 0.2) is 0 Å². The maximum absolute atomic E-state index is 13.0. The van der Waals surface area contributed by atoms with Crippen LogP contribution in [0.2, 0.25) is 5.02 Å². The number of esters is 1. The van der Waals surface area contributed by atoms with Gasteiger partial charge in [-0.2, -0.15) is 0 Å². The molecule has 0 spiro atoms. The summed E-state index contributed by atoms with van der Waals surface area (Å²) in [5.41, 5.74) is 0.919. The molecule has 7 nitrogen and oxygen atoms in total. The highest BCUT2D eigenvalue weighted by atomic mass is 35.5. The highest BCUT2D eigenvalue weighted by Gasteiger charge is 2.37. The molecule has 0 bridgehead atoms. The van der Waals surface area contributed by atoms with Crippen molar-refractivity contribution in [3.63, 3.8) is 0 Å². The fourth-order valence-electron chi connectivity index (χ4n) is 3.92. The summed E-state index contributed by atoms with van der Waals surface area (Å²) in [7, 11) is 0. The molecule has 2 heterocycles. The molecule has 32 heavy (non-hydrogen) atoms. The third kappa shape index (κ3) is 5.11. The van der Waals surface area contributed by atoms with E-state index in [1.54, 1.807) is 24.3 Å². The van der Waals surface area contributed by atoms with E-state index in [1.807, 2.05) is 31.2 Å². The zero-order valence-corrected chi connectivity index (χ0v) is 18.4. The van der Waals surface area contributed by atoms with Gasteiger partial charge in [-0.3, -0.25) is 9.59 Å². The summed E-state index contributed by atoms with van der Waals surface area (Å²) >= 11 is 5.91.